The van der Waals surface area contributed by atoms with Crippen LogP contribution < -0.4 is 10.1 Å². The van der Waals surface area contributed by atoms with Crippen LogP contribution in [0.4, 0.5) is 18.9 Å². The van der Waals surface area contributed by atoms with Crippen LogP contribution in [0.5, 0.6) is 5.75 Å². The van der Waals surface area contributed by atoms with E-state index in [4.69, 9.17) is 5.11 Å². The van der Waals surface area contributed by atoms with Gasteiger partial charge in [-0.2, -0.15) is 0 Å². The van der Waals surface area contributed by atoms with E-state index in [9.17, 15) is 18.0 Å². The molecule has 0 bridgehead atoms. The van der Waals surface area contributed by atoms with Gasteiger partial charge in [-0.25, -0.2) is 0 Å². The van der Waals surface area contributed by atoms with Gasteiger partial charge in [-0.3, -0.25) is 4.79 Å². The van der Waals surface area contributed by atoms with Crippen molar-refractivity contribution in [1.29, 1.82) is 0 Å². The predicted molar refractivity (Wildman–Crippen MR) is 70.8 cm³/mol. The van der Waals surface area contributed by atoms with Crippen molar-refractivity contribution in [2.24, 2.45) is 0 Å². The lowest BCUT2D eigenvalue weighted by Crippen LogP contribution is -2.23. The van der Waals surface area contributed by atoms with E-state index >= 15 is 0 Å². The minimum absolute atomic E-state index is 0.0221. The Bertz CT molecular complexity index is 437. The number of aliphatic hydroxyl groups excluding tert-OH is 1. The molecule has 1 rings (SSSR count). The summed E-state index contributed by atoms with van der Waals surface area (Å²) in [6.07, 6.45) is -4.74. The topological polar surface area (TPSA) is 58.6 Å². The monoisotopic (exact) mass is 309 g/mol. The Kier molecular flexibility index (Phi) is 6.15. The van der Waals surface area contributed by atoms with Gasteiger partial charge < -0.3 is 15.2 Å². The van der Waals surface area contributed by atoms with Crippen molar-refractivity contribution < 1.29 is 27.8 Å². The molecule has 1 aromatic rings. The molecule has 0 saturated carbocycles. The Morgan fingerprint density at radius 3 is 2.50 bits per heavy atom. The van der Waals surface area contributed by atoms with Crippen molar-refractivity contribution in [3.63, 3.8) is 0 Å². The van der Waals surface area contributed by atoms with Crippen molar-refractivity contribution >= 4 is 23.4 Å². The van der Waals surface area contributed by atoms with Crippen molar-refractivity contribution in [3.05, 3.63) is 24.3 Å². The second-order valence-electron chi connectivity index (χ2n) is 3.80. The van der Waals surface area contributed by atoms with Gasteiger partial charge in [0, 0.05) is 11.4 Å². The van der Waals surface area contributed by atoms with Crippen LogP contribution in [0.15, 0.2) is 24.3 Å². The normalized spacial score (nSPS) is 12.8. The zero-order chi connectivity index (χ0) is 15.2. The zero-order valence-corrected chi connectivity index (χ0v) is 11.4. The number of aliphatic hydroxyl groups is 1. The highest BCUT2D eigenvalue weighted by Crippen LogP contribution is 2.24. The average Bonchev–Trinajstić information content (AvgIpc) is 2.36. The Balaban J connectivity index is 2.55. The smallest absolute Gasteiger partial charge is 0.406 e. The first-order valence-corrected chi connectivity index (χ1v) is 6.76. The fraction of sp³-hybridized carbons (Fsp3) is 0.417. The number of ether oxygens (including phenoxy) is 1. The molecule has 0 aliphatic heterocycles. The van der Waals surface area contributed by atoms with E-state index in [1.54, 1.807) is 6.92 Å². The molecule has 20 heavy (non-hydrogen) atoms. The van der Waals surface area contributed by atoms with Gasteiger partial charge in [0.15, 0.2) is 0 Å². The molecule has 0 heterocycles. The van der Waals surface area contributed by atoms with Gasteiger partial charge in [0.2, 0.25) is 5.91 Å². The maximum Gasteiger partial charge on any atom is 0.573 e. The van der Waals surface area contributed by atoms with Crippen LogP contribution in [0.3, 0.4) is 0 Å². The van der Waals surface area contributed by atoms with E-state index in [1.807, 2.05) is 0 Å². The molecular formula is C12H14F3NO3S. The third kappa shape index (κ3) is 6.16. The third-order valence-corrected chi connectivity index (χ3v) is 3.32. The summed E-state index contributed by atoms with van der Waals surface area (Å²) in [6, 6.07) is 4.88. The van der Waals surface area contributed by atoms with Crippen molar-refractivity contribution in [3.8, 4) is 5.75 Å². The predicted octanol–water partition coefficient (Wildman–Crippen LogP) is 2.64. The Labute approximate surface area is 118 Å². The minimum Gasteiger partial charge on any atom is -0.406 e. The van der Waals surface area contributed by atoms with Crippen LogP contribution in [0.1, 0.15) is 6.92 Å². The van der Waals surface area contributed by atoms with Crippen LogP contribution in [0.25, 0.3) is 0 Å². The van der Waals surface area contributed by atoms with Crippen LogP contribution >= 0.6 is 11.8 Å². The summed E-state index contributed by atoms with van der Waals surface area (Å²) < 4.78 is 39.6. The molecule has 0 saturated heterocycles. The van der Waals surface area contributed by atoms with Crippen LogP contribution in [0.2, 0.25) is 0 Å². The Hall–Kier alpha value is -1.41. The Morgan fingerprint density at radius 1 is 1.40 bits per heavy atom. The van der Waals surface area contributed by atoms with Crippen LogP contribution in [-0.4, -0.2) is 35.0 Å². The number of halogens is 3. The molecule has 0 aromatic heterocycles. The molecule has 1 aromatic carbocycles. The maximum atomic E-state index is 12.0. The molecule has 2 N–H and O–H groups in total. The summed E-state index contributed by atoms with van der Waals surface area (Å²) >= 11 is 1.28. The van der Waals surface area contributed by atoms with E-state index in [-0.39, 0.29) is 23.5 Å². The standard InChI is InChI=1S/C12H14F3NO3S/c1-8(20-7-6-17)11(18)16-9-2-4-10(5-3-9)19-12(13,14)15/h2-5,8,17H,6-7H2,1H3,(H,16,18)/t8-/m0/s1. The molecule has 0 aliphatic carbocycles. The number of amides is 1. The van der Waals surface area contributed by atoms with Gasteiger partial charge in [0.05, 0.1) is 11.9 Å². The second kappa shape index (κ2) is 7.39. The van der Waals surface area contributed by atoms with Gasteiger partial charge >= 0.3 is 6.36 Å². The summed E-state index contributed by atoms with van der Waals surface area (Å²) in [6.45, 7) is 1.66. The quantitative estimate of drug-likeness (QED) is 0.848. The molecule has 0 fully saturated rings. The van der Waals surface area contributed by atoms with E-state index in [0.29, 0.717) is 11.4 Å². The number of hydrogen-bond acceptors (Lipinski definition) is 4. The summed E-state index contributed by atoms with van der Waals surface area (Å²) in [7, 11) is 0. The summed E-state index contributed by atoms with van der Waals surface area (Å²) in [5, 5.41) is 10.8. The summed E-state index contributed by atoms with van der Waals surface area (Å²) in [5.74, 6) is -0.196. The van der Waals surface area contributed by atoms with E-state index < -0.39 is 6.36 Å². The molecule has 0 unspecified atom stereocenters. The van der Waals surface area contributed by atoms with Gasteiger partial charge in [0.1, 0.15) is 5.75 Å². The molecule has 1 amide bonds. The highest BCUT2D eigenvalue weighted by atomic mass is 32.2. The van der Waals surface area contributed by atoms with E-state index in [2.05, 4.69) is 10.1 Å². The average molecular weight is 309 g/mol. The zero-order valence-electron chi connectivity index (χ0n) is 10.6. The van der Waals surface area contributed by atoms with Gasteiger partial charge in [-0.1, -0.05) is 0 Å². The first-order chi connectivity index (χ1) is 9.31. The van der Waals surface area contributed by atoms with E-state index in [1.165, 1.54) is 23.9 Å². The van der Waals surface area contributed by atoms with Gasteiger partial charge in [0.25, 0.3) is 0 Å². The molecule has 0 aliphatic rings. The summed E-state index contributed by atoms with van der Waals surface area (Å²) in [4.78, 5) is 11.7. The van der Waals surface area contributed by atoms with Crippen LogP contribution in [-0.2, 0) is 4.79 Å². The first-order valence-electron chi connectivity index (χ1n) is 5.71. The van der Waals surface area contributed by atoms with E-state index in [0.717, 1.165) is 12.1 Å². The first kappa shape index (κ1) is 16.6. The number of anilines is 1. The number of thioether (sulfide) groups is 1. The Morgan fingerprint density at radius 2 is 2.00 bits per heavy atom. The largest absolute Gasteiger partial charge is 0.573 e. The van der Waals surface area contributed by atoms with Crippen LogP contribution in [0, 0.1) is 0 Å². The number of carbonyl (C=O) groups excluding carboxylic acids is 1. The fourth-order valence-electron chi connectivity index (χ4n) is 1.29. The lowest BCUT2D eigenvalue weighted by molar-refractivity contribution is -0.274. The van der Waals surface area contributed by atoms with Gasteiger partial charge in [-0.15, -0.1) is 24.9 Å². The number of rotatable bonds is 6. The second-order valence-corrected chi connectivity index (χ2v) is 5.25. The molecule has 4 nitrogen and oxygen atoms in total. The van der Waals surface area contributed by atoms with Crippen molar-refractivity contribution in [1.82, 2.24) is 0 Å². The van der Waals surface area contributed by atoms with Gasteiger partial charge in [-0.05, 0) is 31.2 Å². The highest BCUT2D eigenvalue weighted by molar-refractivity contribution is 8.00. The summed E-state index contributed by atoms with van der Waals surface area (Å²) in [5.41, 5.74) is 0.376. The molecular weight excluding hydrogens is 295 g/mol. The number of carbonyl (C=O) groups is 1. The SMILES string of the molecule is C[C@H](SCCO)C(=O)Nc1ccc(OC(F)(F)F)cc1. The molecule has 1 atom stereocenters. The molecule has 112 valence electrons. The lowest BCUT2D eigenvalue weighted by Gasteiger charge is -2.12. The third-order valence-electron chi connectivity index (χ3n) is 2.18. The van der Waals surface area contributed by atoms with Crippen molar-refractivity contribution in [2.45, 2.75) is 18.5 Å². The number of nitrogens with one attached hydrogen (secondary N) is 1. The number of alkyl halides is 3. The molecule has 0 radical (unpaired) electrons. The minimum atomic E-state index is -4.74. The fourth-order valence-corrected chi connectivity index (χ4v) is 1.96. The number of benzene rings is 1. The lowest BCUT2D eigenvalue weighted by atomic mass is 10.3. The number of hydrogen-bond donors (Lipinski definition) is 2. The molecule has 8 heteroatoms. The highest BCUT2D eigenvalue weighted by Gasteiger charge is 2.30. The maximum absolute atomic E-state index is 12.0. The van der Waals surface area contributed by atoms with Crippen molar-refractivity contribution in [2.75, 3.05) is 17.7 Å². The molecule has 0 spiro atoms.